The molecule has 1 atom stereocenters. The summed E-state index contributed by atoms with van der Waals surface area (Å²) < 4.78 is 13.5. The van der Waals surface area contributed by atoms with Crippen molar-refractivity contribution in [3.63, 3.8) is 0 Å². The Labute approximate surface area is 115 Å². The molecule has 0 aliphatic carbocycles. The van der Waals surface area contributed by atoms with Crippen LogP contribution in [0.1, 0.15) is 33.1 Å². The van der Waals surface area contributed by atoms with Gasteiger partial charge < -0.3 is 14.5 Å². The SMILES string of the molecule is CCCCC(=O)OC(C)(C(Cl)(Cl)Cl)P(=O)(O)O. The third kappa shape index (κ3) is 4.58. The Morgan fingerprint density at radius 3 is 2.12 bits per heavy atom. The lowest BCUT2D eigenvalue weighted by atomic mass is 10.2. The van der Waals surface area contributed by atoms with Gasteiger partial charge in [-0.25, -0.2) is 0 Å². The highest BCUT2D eigenvalue weighted by atomic mass is 35.6. The van der Waals surface area contributed by atoms with Crippen LogP contribution in [0.2, 0.25) is 0 Å². The first kappa shape index (κ1) is 17.5. The van der Waals surface area contributed by atoms with E-state index in [9.17, 15) is 9.36 Å². The monoisotopic (exact) mass is 326 g/mol. The van der Waals surface area contributed by atoms with Crippen LogP contribution in [-0.4, -0.2) is 24.9 Å². The lowest BCUT2D eigenvalue weighted by Crippen LogP contribution is -2.44. The van der Waals surface area contributed by atoms with Crippen LogP contribution in [0.3, 0.4) is 0 Å². The van der Waals surface area contributed by atoms with Crippen LogP contribution >= 0.6 is 42.4 Å². The number of alkyl halides is 3. The topological polar surface area (TPSA) is 83.8 Å². The van der Waals surface area contributed by atoms with Gasteiger partial charge in [0.1, 0.15) is 0 Å². The molecular formula is C8H14Cl3O5P. The lowest BCUT2D eigenvalue weighted by molar-refractivity contribution is -0.152. The Balaban J connectivity index is 5.00. The second-order valence-corrected chi connectivity index (χ2v) is 7.82. The molecule has 102 valence electrons. The number of halogens is 3. The molecule has 0 aliphatic rings. The minimum absolute atomic E-state index is 0.00678. The third-order valence-corrected chi connectivity index (χ3v) is 5.14. The summed E-state index contributed by atoms with van der Waals surface area (Å²) in [6, 6.07) is 0. The third-order valence-electron chi connectivity index (χ3n) is 2.13. The van der Waals surface area contributed by atoms with Crippen molar-refractivity contribution in [2.45, 2.75) is 42.2 Å². The number of hydrogen-bond donors (Lipinski definition) is 2. The first-order chi connectivity index (χ1) is 7.45. The van der Waals surface area contributed by atoms with Gasteiger partial charge in [-0.15, -0.1) is 0 Å². The van der Waals surface area contributed by atoms with Gasteiger partial charge in [0.2, 0.25) is 3.79 Å². The van der Waals surface area contributed by atoms with Crippen LogP contribution in [0.4, 0.5) is 0 Å². The van der Waals surface area contributed by atoms with Gasteiger partial charge in [0.25, 0.3) is 5.34 Å². The van der Waals surface area contributed by atoms with Gasteiger partial charge in [-0.05, 0) is 13.3 Å². The van der Waals surface area contributed by atoms with Crippen LogP contribution in [0.5, 0.6) is 0 Å². The average molecular weight is 328 g/mol. The zero-order chi connectivity index (χ0) is 13.9. The van der Waals surface area contributed by atoms with E-state index < -0.39 is 22.7 Å². The van der Waals surface area contributed by atoms with Crippen LogP contribution in [0.25, 0.3) is 0 Å². The molecular weight excluding hydrogens is 313 g/mol. The quantitative estimate of drug-likeness (QED) is 0.461. The summed E-state index contributed by atoms with van der Waals surface area (Å²) in [4.78, 5) is 29.6. The van der Waals surface area contributed by atoms with E-state index in [0.717, 1.165) is 13.3 Å². The number of esters is 1. The smallest absolute Gasteiger partial charge is 0.373 e. The maximum atomic E-state index is 11.4. The maximum Gasteiger partial charge on any atom is 0.373 e. The van der Waals surface area contributed by atoms with Gasteiger partial charge in [-0.1, -0.05) is 48.1 Å². The van der Waals surface area contributed by atoms with Crippen molar-refractivity contribution >= 4 is 48.4 Å². The van der Waals surface area contributed by atoms with Crippen molar-refractivity contribution in [1.82, 2.24) is 0 Å². The number of hydrogen-bond acceptors (Lipinski definition) is 3. The first-order valence-corrected chi connectivity index (χ1v) is 7.54. The molecule has 0 heterocycles. The number of rotatable bonds is 5. The van der Waals surface area contributed by atoms with Crippen molar-refractivity contribution in [1.29, 1.82) is 0 Å². The molecule has 0 aliphatic heterocycles. The second kappa shape index (κ2) is 6.09. The molecule has 2 N–H and O–H groups in total. The van der Waals surface area contributed by atoms with E-state index in [1.54, 1.807) is 0 Å². The number of unbranched alkanes of at least 4 members (excludes halogenated alkanes) is 1. The van der Waals surface area contributed by atoms with E-state index in [-0.39, 0.29) is 6.42 Å². The minimum Gasteiger partial charge on any atom is -0.442 e. The maximum absolute atomic E-state index is 11.4. The predicted octanol–water partition coefficient (Wildman–Crippen LogP) is 2.98. The van der Waals surface area contributed by atoms with Crippen molar-refractivity contribution < 1.29 is 23.9 Å². The first-order valence-electron chi connectivity index (χ1n) is 4.80. The van der Waals surface area contributed by atoms with Crippen molar-refractivity contribution in [2.24, 2.45) is 0 Å². The Morgan fingerprint density at radius 2 is 1.82 bits per heavy atom. The molecule has 0 radical (unpaired) electrons. The lowest BCUT2D eigenvalue weighted by Gasteiger charge is -2.35. The molecule has 0 fully saturated rings. The standard InChI is InChI=1S/C8H14Cl3O5P/c1-3-4-5-6(12)16-7(2,8(9,10)11)17(13,14)15/h3-5H2,1-2H3,(H2,13,14,15). The van der Waals surface area contributed by atoms with Gasteiger partial charge in [-0.2, -0.15) is 0 Å². The Hall–Kier alpha value is 0.490. The molecule has 0 rings (SSSR count). The Kier molecular flexibility index (Phi) is 6.27. The molecule has 0 aromatic rings. The summed E-state index contributed by atoms with van der Waals surface area (Å²) in [5.41, 5.74) is 0. The van der Waals surface area contributed by atoms with Crippen LogP contribution < -0.4 is 0 Å². The van der Waals surface area contributed by atoms with Crippen LogP contribution in [0, 0.1) is 0 Å². The zero-order valence-electron chi connectivity index (χ0n) is 9.32. The van der Waals surface area contributed by atoms with E-state index in [4.69, 9.17) is 44.6 Å². The Morgan fingerprint density at radius 1 is 1.35 bits per heavy atom. The van der Waals surface area contributed by atoms with Gasteiger partial charge in [0, 0.05) is 6.42 Å². The summed E-state index contributed by atoms with van der Waals surface area (Å²) in [6.45, 7) is 2.75. The zero-order valence-corrected chi connectivity index (χ0v) is 12.5. The van der Waals surface area contributed by atoms with Crippen LogP contribution in [-0.2, 0) is 14.1 Å². The summed E-state index contributed by atoms with van der Waals surface area (Å²) in [5, 5.41) is -2.49. The molecule has 5 nitrogen and oxygen atoms in total. The van der Waals surface area contributed by atoms with E-state index in [0.29, 0.717) is 6.42 Å². The fourth-order valence-electron chi connectivity index (χ4n) is 0.876. The molecule has 1 unspecified atom stereocenters. The highest BCUT2D eigenvalue weighted by Gasteiger charge is 2.60. The molecule has 9 heteroatoms. The van der Waals surface area contributed by atoms with Crippen molar-refractivity contribution in [3.8, 4) is 0 Å². The van der Waals surface area contributed by atoms with Gasteiger partial charge in [0.05, 0.1) is 0 Å². The van der Waals surface area contributed by atoms with Gasteiger partial charge >= 0.3 is 13.6 Å². The molecule has 0 aromatic carbocycles. The Bertz CT molecular complexity index is 324. The van der Waals surface area contributed by atoms with E-state index in [2.05, 4.69) is 4.74 Å². The number of ether oxygens (including phenoxy) is 1. The van der Waals surface area contributed by atoms with Crippen molar-refractivity contribution in [2.75, 3.05) is 0 Å². The number of carbonyl (C=O) groups is 1. The molecule has 0 bridgehead atoms. The van der Waals surface area contributed by atoms with E-state index in [1.165, 1.54) is 0 Å². The minimum atomic E-state index is -4.93. The number of carbonyl (C=O) groups excluding carboxylic acids is 1. The fraction of sp³-hybridized carbons (Fsp3) is 0.875. The highest BCUT2D eigenvalue weighted by Crippen LogP contribution is 2.61. The largest absolute Gasteiger partial charge is 0.442 e. The second-order valence-electron chi connectivity index (χ2n) is 3.60. The van der Waals surface area contributed by atoms with E-state index >= 15 is 0 Å². The normalized spacial score (nSPS) is 16.4. The molecule has 0 aromatic heterocycles. The van der Waals surface area contributed by atoms with Crippen molar-refractivity contribution in [3.05, 3.63) is 0 Å². The van der Waals surface area contributed by atoms with Gasteiger partial charge in [-0.3, -0.25) is 9.36 Å². The summed E-state index contributed by atoms with van der Waals surface area (Å²) in [7, 11) is -4.93. The van der Waals surface area contributed by atoms with Gasteiger partial charge in [0.15, 0.2) is 0 Å². The molecule has 0 saturated carbocycles. The highest BCUT2D eigenvalue weighted by molar-refractivity contribution is 7.54. The average Bonchev–Trinajstić information content (AvgIpc) is 2.10. The fourth-order valence-corrected chi connectivity index (χ4v) is 2.53. The molecule has 0 amide bonds. The summed E-state index contributed by atoms with van der Waals surface area (Å²) in [6.07, 6.45) is 1.26. The molecule has 0 spiro atoms. The summed E-state index contributed by atoms with van der Waals surface area (Å²) >= 11 is 16.4. The predicted molar refractivity (Wildman–Crippen MR) is 66.4 cm³/mol. The molecule has 0 saturated heterocycles. The molecule has 17 heavy (non-hydrogen) atoms. The van der Waals surface area contributed by atoms with Crippen LogP contribution in [0.15, 0.2) is 0 Å². The van der Waals surface area contributed by atoms with E-state index in [1.807, 2.05) is 6.92 Å². The summed E-state index contributed by atoms with van der Waals surface area (Å²) in [5.74, 6) is -0.816.